The predicted octanol–water partition coefficient (Wildman–Crippen LogP) is 4.46. The van der Waals surface area contributed by atoms with E-state index in [0.717, 1.165) is 25.7 Å². The number of alkyl carbamates (subject to hydrolysis) is 1. The third-order valence-corrected chi connectivity index (χ3v) is 7.88. The van der Waals surface area contributed by atoms with Crippen molar-refractivity contribution in [2.75, 3.05) is 13.2 Å². The zero-order valence-electron chi connectivity index (χ0n) is 19.8. The number of carboxylic acids is 1. The van der Waals surface area contributed by atoms with Crippen LogP contribution >= 0.6 is 0 Å². The number of amides is 2. The van der Waals surface area contributed by atoms with Crippen molar-refractivity contribution in [3.8, 4) is 11.1 Å². The standard InChI is InChI=1S/C28H32N2O5/c31-25(32)12-2-1-7-13-29-26(33)28-15-18(28)14-19(16-28)30-27(34)35-17-24-22-10-5-3-8-20(22)21-9-4-6-11-23(21)24/h3-6,8-11,18-19,24H,1-2,7,12-17H2,(H,29,33)(H,30,34)(H,31,32). The first kappa shape index (κ1) is 23.4. The van der Waals surface area contributed by atoms with Crippen LogP contribution in [0.2, 0.25) is 0 Å². The molecule has 35 heavy (non-hydrogen) atoms. The third kappa shape index (κ3) is 4.77. The molecule has 7 nitrogen and oxygen atoms in total. The van der Waals surface area contributed by atoms with Crippen molar-refractivity contribution in [1.82, 2.24) is 10.6 Å². The van der Waals surface area contributed by atoms with Crippen LogP contribution in [0.25, 0.3) is 11.1 Å². The van der Waals surface area contributed by atoms with Gasteiger partial charge in [-0.3, -0.25) is 9.59 Å². The highest BCUT2D eigenvalue weighted by Crippen LogP contribution is 2.63. The first-order chi connectivity index (χ1) is 17.0. The lowest BCUT2D eigenvalue weighted by atomic mass is 9.98. The SMILES string of the molecule is O=C(O)CCCCCNC(=O)C12CC(NC(=O)OCC3c4ccccc4-c4ccccc43)CC1C2. The summed E-state index contributed by atoms with van der Waals surface area (Å²) in [5.41, 5.74) is 4.40. The minimum Gasteiger partial charge on any atom is -0.481 e. The Balaban J connectivity index is 1.08. The van der Waals surface area contributed by atoms with Gasteiger partial charge in [-0.25, -0.2) is 4.79 Å². The second kappa shape index (κ2) is 9.72. The molecule has 3 aliphatic carbocycles. The van der Waals surface area contributed by atoms with E-state index in [4.69, 9.17) is 9.84 Å². The summed E-state index contributed by atoms with van der Waals surface area (Å²) < 4.78 is 5.67. The number of carboxylic acid groups (broad SMARTS) is 1. The van der Waals surface area contributed by atoms with Crippen molar-refractivity contribution >= 4 is 18.0 Å². The van der Waals surface area contributed by atoms with Gasteiger partial charge in [0.25, 0.3) is 0 Å². The number of nitrogens with one attached hydrogen (secondary N) is 2. The van der Waals surface area contributed by atoms with Crippen LogP contribution in [0.3, 0.4) is 0 Å². The van der Waals surface area contributed by atoms with Gasteiger partial charge in [-0.1, -0.05) is 55.0 Å². The number of rotatable bonds is 10. The lowest BCUT2D eigenvalue weighted by Crippen LogP contribution is -2.38. The summed E-state index contributed by atoms with van der Waals surface area (Å²) >= 11 is 0. The van der Waals surface area contributed by atoms with E-state index in [-0.39, 0.29) is 36.3 Å². The summed E-state index contributed by atoms with van der Waals surface area (Å²) in [5.74, 6) is -0.377. The first-order valence-electron chi connectivity index (χ1n) is 12.6. The molecule has 3 unspecified atom stereocenters. The molecule has 0 aliphatic heterocycles. The summed E-state index contributed by atoms with van der Waals surface area (Å²) in [6, 6.07) is 16.5. The van der Waals surface area contributed by atoms with Gasteiger partial charge in [0, 0.05) is 24.9 Å². The molecule has 0 aromatic heterocycles. The number of unbranched alkanes of at least 4 members (excludes halogenated alkanes) is 2. The van der Waals surface area contributed by atoms with Gasteiger partial charge in [0.1, 0.15) is 6.61 Å². The van der Waals surface area contributed by atoms with Gasteiger partial charge in [-0.15, -0.1) is 0 Å². The maximum Gasteiger partial charge on any atom is 0.407 e. The van der Waals surface area contributed by atoms with Gasteiger partial charge in [0.05, 0.1) is 5.41 Å². The van der Waals surface area contributed by atoms with Crippen molar-refractivity contribution in [3.05, 3.63) is 59.7 Å². The second-order valence-corrected chi connectivity index (χ2v) is 10.1. The van der Waals surface area contributed by atoms with Gasteiger partial charge in [0.2, 0.25) is 5.91 Å². The van der Waals surface area contributed by atoms with Crippen molar-refractivity contribution in [1.29, 1.82) is 0 Å². The Kier molecular flexibility index (Phi) is 6.50. The molecule has 3 aliphatic rings. The molecule has 2 aromatic rings. The number of aliphatic carboxylic acids is 1. The maximum absolute atomic E-state index is 12.8. The number of benzene rings is 2. The van der Waals surface area contributed by atoms with Crippen LogP contribution in [0.1, 0.15) is 62.0 Å². The molecule has 0 heterocycles. The Morgan fingerprint density at radius 1 is 0.943 bits per heavy atom. The second-order valence-electron chi connectivity index (χ2n) is 10.1. The highest BCUT2D eigenvalue weighted by Gasteiger charge is 2.65. The summed E-state index contributed by atoms with van der Waals surface area (Å²) in [5, 5.41) is 14.7. The summed E-state index contributed by atoms with van der Waals surface area (Å²) in [4.78, 5) is 36.0. The highest BCUT2D eigenvalue weighted by molar-refractivity contribution is 5.87. The van der Waals surface area contributed by atoms with Gasteiger partial charge in [-0.05, 0) is 60.3 Å². The molecule has 2 saturated carbocycles. The van der Waals surface area contributed by atoms with E-state index in [2.05, 4.69) is 34.9 Å². The first-order valence-corrected chi connectivity index (χ1v) is 12.6. The molecular weight excluding hydrogens is 444 g/mol. The summed E-state index contributed by atoms with van der Waals surface area (Å²) in [6.07, 6.45) is 4.26. The largest absolute Gasteiger partial charge is 0.481 e. The quantitative estimate of drug-likeness (QED) is 0.439. The fraction of sp³-hybridized carbons (Fsp3) is 0.464. The van der Waals surface area contributed by atoms with E-state index in [9.17, 15) is 14.4 Å². The fourth-order valence-electron chi connectivity index (χ4n) is 6.05. The van der Waals surface area contributed by atoms with E-state index in [1.54, 1.807) is 0 Å². The smallest absolute Gasteiger partial charge is 0.407 e. The van der Waals surface area contributed by atoms with E-state index in [1.165, 1.54) is 22.3 Å². The number of hydrogen-bond acceptors (Lipinski definition) is 4. The van der Waals surface area contributed by atoms with Crippen LogP contribution in [0.4, 0.5) is 4.79 Å². The molecule has 0 spiro atoms. The Bertz CT molecular complexity index is 1090. The van der Waals surface area contributed by atoms with E-state index < -0.39 is 12.1 Å². The lowest BCUT2D eigenvalue weighted by Gasteiger charge is -2.19. The van der Waals surface area contributed by atoms with Crippen molar-refractivity contribution in [2.24, 2.45) is 11.3 Å². The van der Waals surface area contributed by atoms with Crippen LogP contribution < -0.4 is 10.6 Å². The molecule has 3 N–H and O–H groups in total. The maximum atomic E-state index is 12.8. The molecule has 184 valence electrons. The molecule has 2 amide bonds. The van der Waals surface area contributed by atoms with Gasteiger partial charge in [-0.2, -0.15) is 0 Å². The molecule has 7 heteroatoms. The topological polar surface area (TPSA) is 105 Å². The number of hydrogen-bond donors (Lipinski definition) is 3. The Morgan fingerprint density at radius 2 is 1.63 bits per heavy atom. The van der Waals surface area contributed by atoms with Crippen LogP contribution in [0.5, 0.6) is 0 Å². The third-order valence-electron chi connectivity index (χ3n) is 7.88. The zero-order valence-corrected chi connectivity index (χ0v) is 19.8. The molecule has 2 fully saturated rings. The molecule has 0 saturated heterocycles. The van der Waals surface area contributed by atoms with Crippen LogP contribution in [0, 0.1) is 11.3 Å². The summed E-state index contributed by atoms with van der Waals surface area (Å²) in [7, 11) is 0. The van der Waals surface area contributed by atoms with Gasteiger partial charge >= 0.3 is 12.1 Å². The monoisotopic (exact) mass is 476 g/mol. The molecule has 0 bridgehead atoms. The summed E-state index contributed by atoms with van der Waals surface area (Å²) in [6.45, 7) is 0.848. The number of ether oxygens (including phenoxy) is 1. The average molecular weight is 477 g/mol. The van der Waals surface area contributed by atoms with Crippen molar-refractivity contribution < 1.29 is 24.2 Å². The molecule has 5 rings (SSSR count). The number of carbonyl (C=O) groups is 3. The van der Waals surface area contributed by atoms with Crippen molar-refractivity contribution in [2.45, 2.75) is 56.9 Å². The fourth-order valence-corrected chi connectivity index (χ4v) is 6.05. The van der Waals surface area contributed by atoms with E-state index >= 15 is 0 Å². The van der Waals surface area contributed by atoms with Crippen LogP contribution in [-0.2, 0) is 14.3 Å². The number of carbonyl (C=O) groups excluding carboxylic acids is 2. The average Bonchev–Trinajstić information content (AvgIpc) is 3.27. The van der Waals surface area contributed by atoms with Gasteiger partial charge in [0.15, 0.2) is 0 Å². The van der Waals surface area contributed by atoms with E-state index in [0.29, 0.717) is 25.3 Å². The highest BCUT2D eigenvalue weighted by atomic mass is 16.5. The molecule has 0 radical (unpaired) electrons. The Morgan fingerprint density at radius 3 is 2.31 bits per heavy atom. The van der Waals surface area contributed by atoms with Crippen molar-refractivity contribution in [3.63, 3.8) is 0 Å². The minimum absolute atomic E-state index is 0.0257. The lowest BCUT2D eigenvalue weighted by molar-refractivity contribution is -0.137. The number of fused-ring (bicyclic) bond motifs is 4. The molecule has 3 atom stereocenters. The molecular formula is C28H32N2O5. The van der Waals surface area contributed by atoms with Crippen LogP contribution in [-0.4, -0.2) is 42.3 Å². The molecule has 2 aromatic carbocycles. The zero-order chi connectivity index (χ0) is 24.4. The van der Waals surface area contributed by atoms with E-state index in [1.807, 2.05) is 24.3 Å². The predicted molar refractivity (Wildman–Crippen MR) is 131 cm³/mol. The Labute approximate surface area is 205 Å². The Hall–Kier alpha value is -3.35. The van der Waals surface area contributed by atoms with Gasteiger partial charge < -0.3 is 20.5 Å². The van der Waals surface area contributed by atoms with Crippen LogP contribution in [0.15, 0.2) is 48.5 Å². The normalized spacial score (nSPS) is 23.7. The minimum atomic E-state index is -0.783.